The molecule has 2 amide bonds. The van der Waals surface area contributed by atoms with Gasteiger partial charge in [-0.05, 0) is 70.9 Å². The molecule has 1 atom stereocenters. The topological polar surface area (TPSA) is 86.8 Å². The Morgan fingerprint density at radius 1 is 1.09 bits per heavy atom. The lowest BCUT2D eigenvalue weighted by Gasteiger charge is -2.33. The number of benzene rings is 2. The van der Waals surface area contributed by atoms with E-state index < -0.39 is 34.1 Å². The van der Waals surface area contributed by atoms with Crippen molar-refractivity contribution in [2.24, 2.45) is 0 Å². The summed E-state index contributed by atoms with van der Waals surface area (Å²) in [6.07, 6.45) is 1.07. The summed E-state index contributed by atoms with van der Waals surface area (Å²) < 4.78 is 27.2. The summed E-state index contributed by atoms with van der Waals surface area (Å²) in [5.74, 6) is -0.775. The molecule has 0 heterocycles. The number of amides is 2. The Bertz CT molecular complexity index is 1160. The van der Waals surface area contributed by atoms with E-state index in [0.717, 1.165) is 31.7 Å². The number of carbonyl (C=O) groups is 2. The minimum absolute atomic E-state index is 0.177. The van der Waals surface area contributed by atoms with E-state index in [2.05, 4.69) is 21.2 Å². The summed E-state index contributed by atoms with van der Waals surface area (Å²) in [5, 5.41) is 2.91. The first-order valence-corrected chi connectivity index (χ1v) is 13.6. The number of carbonyl (C=O) groups excluding carboxylic acids is 2. The molecule has 1 N–H and O–H groups in total. The van der Waals surface area contributed by atoms with E-state index in [1.165, 1.54) is 4.90 Å². The fourth-order valence-corrected chi connectivity index (χ4v) is 4.55. The fourth-order valence-electron chi connectivity index (χ4n) is 3.46. The first kappa shape index (κ1) is 27.9. The van der Waals surface area contributed by atoms with Gasteiger partial charge in [0.15, 0.2) is 0 Å². The summed E-state index contributed by atoms with van der Waals surface area (Å²) >= 11 is 3.42. The van der Waals surface area contributed by atoms with E-state index >= 15 is 0 Å². The van der Waals surface area contributed by atoms with E-state index in [-0.39, 0.29) is 12.5 Å². The second kappa shape index (κ2) is 10.9. The summed E-state index contributed by atoms with van der Waals surface area (Å²) in [7, 11) is -3.76. The molecule has 0 aliphatic carbocycles. The molecule has 0 saturated carbocycles. The van der Waals surface area contributed by atoms with Crippen LogP contribution in [0.3, 0.4) is 0 Å². The summed E-state index contributed by atoms with van der Waals surface area (Å²) in [5.41, 5.74) is 2.64. The molecule has 0 fully saturated rings. The highest BCUT2D eigenvalue weighted by Gasteiger charge is 2.31. The normalized spacial score (nSPS) is 12.7. The minimum atomic E-state index is -3.76. The molecular weight excluding hydrogens is 518 g/mol. The number of nitrogens with one attached hydrogen (secondary N) is 1. The van der Waals surface area contributed by atoms with Gasteiger partial charge in [-0.15, -0.1) is 0 Å². The van der Waals surface area contributed by atoms with Gasteiger partial charge in [-0.2, -0.15) is 0 Å². The molecule has 0 bridgehead atoms. The predicted molar refractivity (Wildman–Crippen MR) is 140 cm³/mol. The molecule has 0 aliphatic heterocycles. The summed E-state index contributed by atoms with van der Waals surface area (Å²) in [4.78, 5) is 27.9. The molecule has 7 nitrogen and oxygen atoms in total. The van der Waals surface area contributed by atoms with Crippen molar-refractivity contribution < 1.29 is 18.0 Å². The van der Waals surface area contributed by atoms with Crippen molar-refractivity contribution in [3.05, 3.63) is 63.6 Å². The smallest absolute Gasteiger partial charge is 0.244 e. The van der Waals surface area contributed by atoms with Crippen LogP contribution in [0.4, 0.5) is 5.69 Å². The van der Waals surface area contributed by atoms with Crippen LogP contribution in [0, 0.1) is 13.8 Å². The average molecular weight is 553 g/mol. The third-order valence-electron chi connectivity index (χ3n) is 5.21. The van der Waals surface area contributed by atoms with E-state index in [4.69, 9.17) is 0 Å². The molecule has 2 aromatic rings. The Hall–Kier alpha value is -2.39. The lowest BCUT2D eigenvalue weighted by atomic mass is 10.1. The van der Waals surface area contributed by atoms with Crippen LogP contribution >= 0.6 is 15.9 Å². The highest BCUT2D eigenvalue weighted by Crippen LogP contribution is 2.25. The molecular formula is C25H34BrN3O4S. The van der Waals surface area contributed by atoms with Gasteiger partial charge >= 0.3 is 0 Å². The van der Waals surface area contributed by atoms with Crippen LogP contribution in [0.1, 0.15) is 44.4 Å². The van der Waals surface area contributed by atoms with E-state index in [0.29, 0.717) is 5.69 Å². The molecule has 0 radical (unpaired) electrons. The van der Waals surface area contributed by atoms with Crippen LogP contribution in [-0.4, -0.2) is 49.5 Å². The van der Waals surface area contributed by atoms with Gasteiger partial charge < -0.3 is 10.2 Å². The number of rotatable bonds is 8. The molecule has 0 unspecified atom stereocenters. The maximum atomic E-state index is 13.6. The lowest BCUT2D eigenvalue weighted by Crippen LogP contribution is -2.54. The van der Waals surface area contributed by atoms with E-state index in [1.54, 1.807) is 25.1 Å². The maximum Gasteiger partial charge on any atom is 0.244 e. The number of nitrogens with zero attached hydrogens (tertiary/aromatic N) is 2. The standard InChI is InChI=1S/C25H34BrN3O4S/c1-17-9-8-10-20(13-17)15-28(19(3)24(31)27-25(4,5)6)23(30)16-29(34(7,32)33)21-11-12-22(26)18(2)14-21/h8-14,19H,15-16H2,1-7H3,(H,27,31)/t19-/m1/s1. The van der Waals surface area contributed by atoms with Crippen molar-refractivity contribution in [1.29, 1.82) is 0 Å². The van der Waals surface area contributed by atoms with Crippen LogP contribution in [0.5, 0.6) is 0 Å². The first-order valence-electron chi connectivity index (χ1n) is 11.0. The second-order valence-electron chi connectivity index (χ2n) is 9.63. The van der Waals surface area contributed by atoms with Gasteiger partial charge in [0.25, 0.3) is 0 Å². The van der Waals surface area contributed by atoms with E-state index in [9.17, 15) is 18.0 Å². The maximum absolute atomic E-state index is 13.6. The quantitative estimate of drug-likeness (QED) is 0.533. The monoisotopic (exact) mass is 551 g/mol. The van der Waals surface area contributed by atoms with Crippen LogP contribution in [-0.2, 0) is 26.2 Å². The number of anilines is 1. The lowest BCUT2D eigenvalue weighted by molar-refractivity contribution is -0.140. The SMILES string of the molecule is Cc1cccc(CN(C(=O)CN(c2ccc(Br)c(C)c2)S(C)(=O)=O)[C@H](C)C(=O)NC(C)(C)C)c1. The second-order valence-corrected chi connectivity index (χ2v) is 12.4. The van der Waals surface area contributed by atoms with Gasteiger partial charge in [0, 0.05) is 16.6 Å². The Labute approximate surface area is 211 Å². The number of halogens is 1. The van der Waals surface area contributed by atoms with Crippen LogP contribution in [0.2, 0.25) is 0 Å². The minimum Gasteiger partial charge on any atom is -0.350 e. The zero-order valence-corrected chi connectivity index (χ0v) is 23.2. The number of aryl methyl sites for hydroxylation is 2. The van der Waals surface area contributed by atoms with Crippen LogP contribution < -0.4 is 9.62 Å². The predicted octanol–water partition coefficient (Wildman–Crippen LogP) is 4.16. The van der Waals surface area contributed by atoms with Crippen LogP contribution in [0.25, 0.3) is 0 Å². The van der Waals surface area contributed by atoms with Gasteiger partial charge in [0.05, 0.1) is 11.9 Å². The average Bonchev–Trinajstić information content (AvgIpc) is 2.69. The van der Waals surface area contributed by atoms with Gasteiger partial charge in [0.1, 0.15) is 12.6 Å². The fraction of sp³-hybridized carbons (Fsp3) is 0.440. The largest absolute Gasteiger partial charge is 0.350 e. The number of hydrogen-bond acceptors (Lipinski definition) is 4. The van der Waals surface area contributed by atoms with Gasteiger partial charge in [-0.25, -0.2) is 8.42 Å². The molecule has 0 saturated heterocycles. The molecule has 0 aliphatic rings. The Balaban J connectivity index is 2.43. The Morgan fingerprint density at radius 3 is 2.26 bits per heavy atom. The van der Waals surface area contributed by atoms with Gasteiger partial charge in [-0.1, -0.05) is 45.8 Å². The third kappa shape index (κ3) is 7.84. The van der Waals surface area contributed by atoms with Crippen molar-refractivity contribution in [2.75, 3.05) is 17.1 Å². The highest BCUT2D eigenvalue weighted by molar-refractivity contribution is 9.10. The molecule has 2 aromatic carbocycles. The zero-order valence-electron chi connectivity index (χ0n) is 20.8. The molecule has 34 heavy (non-hydrogen) atoms. The van der Waals surface area contributed by atoms with Crippen molar-refractivity contribution in [3.8, 4) is 0 Å². The molecule has 2 rings (SSSR count). The molecule has 0 aromatic heterocycles. The van der Waals surface area contributed by atoms with Crippen molar-refractivity contribution in [3.63, 3.8) is 0 Å². The highest BCUT2D eigenvalue weighted by atomic mass is 79.9. The van der Waals surface area contributed by atoms with Gasteiger partial charge in [-0.3, -0.25) is 13.9 Å². The molecule has 0 spiro atoms. The van der Waals surface area contributed by atoms with Crippen LogP contribution in [0.15, 0.2) is 46.9 Å². The zero-order chi connectivity index (χ0) is 25.8. The first-order chi connectivity index (χ1) is 15.6. The Morgan fingerprint density at radius 2 is 1.74 bits per heavy atom. The van der Waals surface area contributed by atoms with Gasteiger partial charge in [0.2, 0.25) is 21.8 Å². The molecule has 9 heteroatoms. The number of hydrogen-bond donors (Lipinski definition) is 1. The van der Waals surface area contributed by atoms with Crippen molar-refractivity contribution in [2.45, 2.75) is 59.7 Å². The molecule has 186 valence electrons. The summed E-state index contributed by atoms with van der Waals surface area (Å²) in [6, 6.07) is 12.0. The third-order valence-corrected chi connectivity index (χ3v) is 7.24. The van der Waals surface area contributed by atoms with Crippen molar-refractivity contribution in [1.82, 2.24) is 10.2 Å². The number of sulfonamides is 1. The summed E-state index contributed by atoms with van der Waals surface area (Å²) in [6.45, 7) is 10.8. The van der Waals surface area contributed by atoms with E-state index in [1.807, 2.05) is 58.9 Å². The van der Waals surface area contributed by atoms with Crippen molar-refractivity contribution >= 4 is 43.5 Å². The Kier molecular flexibility index (Phi) is 8.93.